The molecule has 2 rings (SSSR count). The predicted octanol–water partition coefficient (Wildman–Crippen LogP) is 3.46. The van der Waals surface area contributed by atoms with Crippen LogP contribution in [-0.4, -0.2) is 35.6 Å². The van der Waals surface area contributed by atoms with Crippen LogP contribution in [0.4, 0.5) is 4.79 Å². The number of carbonyl (C=O) groups excluding carboxylic acids is 1. The number of carbonyl (C=O) groups is 2. The summed E-state index contributed by atoms with van der Waals surface area (Å²) in [5, 5.41) is 12.1. The summed E-state index contributed by atoms with van der Waals surface area (Å²) in [4.78, 5) is 24.0. The Morgan fingerprint density at radius 1 is 1.39 bits per heavy atom. The van der Waals surface area contributed by atoms with Gasteiger partial charge in [0.05, 0.1) is 18.2 Å². The lowest BCUT2D eigenvalue weighted by Gasteiger charge is -2.29. The maximum atomic E-state index is 12.0. The predicted molar refractivity (Wildman–Crippen MR) is 87.4 cm³/mol. The Morgan fingerprint density at radius 2 is 2.09 bits per heavy atom. The molecular weight excluding hydrogens is 318 g/mol. The third-order valence-corrected chi connectivity index (χ3v) is 4.07. The third kappa shape index (κ3) is 4.31. The van der Waals surface area contributed by atoms with E-state index in [0.717, 1.165) is 5.56 Å². The zero-order chi connectivity index (χ0) is 17.2. The van der Waals surface area contributed by atoms with Gasteiger partial charge in [-0.2, -0.15) is 0 Å². The first-order chi connectivity index (χ1) is 10.7. The molecule has 0 spiro atoms. The molecule has 23 heavy (non-hydrogen) atoms. The number of aromatic carboxylic acids is 1. The van der Waals surface area contributed by atoms with Crippen LogP contribution in [-0.2, 0) is 4.74 Å². The van der Waals surface area contributed by atoms with Crippen molar-refractivity contribution in [2.24, 2.45) is 0 Å². The van der Waals surface area contributed by atoms with Gasteiger partial charge in [0.15, 0.2) is 0 Å². The number of benzene rings is 1. The molecule has 0 fully saturated rings. The van der Waals surface area contributed by atoms with E-state index in [1.165, 1.54) is 17.8 Å². The molecule has 0 radical (unpaired) electrons. The first kappa shape index (κ1) is 17.5. The van der Waals surface area contributed by atoms with Gasteiger partial charge in [-0.15, -0.1) is 11.8 Å². The number of nitrogens with one attached hydrogen (secondary N) is 1. The Labute approximate surface area is 139 Å². The Bertz CT molecular complexity index is 624. The van der Waals surface area contributed by atoms with Gasteiger partial charge < -0.3 is 19.9 Å². The molecule has 0 bridgehead atoms. The van der Waals surface area contributed by atoms with Crippen molar-refractivity contribution >= 4 is 23.8 Å². The molecule has 1 unspecified atom stereocenters. The SMILES string of the molecule is CSc1cc2c(cc1C(=O)O)OCCC2NC(=O)OC(C)(C)C. The van der Waals surface area contributed by atoms with E-state index in [1.807, 2.05) is 6.26 Å². The second-order valence-corrected chi connectivity index (χ2v) is 7.08. The van der Waals surface area contributed by atoms with Gasteiger partial charge in [-0.05, 0) is 39.2 Å². The molecule has 7 heteroatoms. The number of carboxylic acid groups (broad SMARTS) is 1. The van der Waals surface area contributed by atoms with E-state index in [9.17, 15) is 14.7 Å². The largest absolute Gasteiger partial charge is 0.493 e. The smallest absolute Gasteiger partial charge is 0.408 e. The molecular formula is C16H21NO5S. The molecule has 1 amide bonds. The van der Waals surface area contributed by atoms with Gasteiger partial charge in [0.1, 0.15) is 11.4 Å². The van der Waals surface area contributed by atoms with Crippen molar-refractivity contribution in [1.82, 2.24) is 5.32 Å². The Hall–Kier alpha value is -1.89. The Morgan fingerprint density at radius 3 is 2.65 bits per heavy atom. The summed E-state index contributed by atoms with van der Waals surface area (Å²) in [6.07, 6.45) is 1.92. The van der Waals surface area contributed by atoms with Crippen LogP contribution in [0.25, 0.3) is 0 Å². The summed E-state index contributed by atoms with van der Waals surface area (Å²) < 4.78 is 10.8. The first-order valence-corrected chi connectivity index (χ1v) is 8.51. The number of carboxylic acids is 1. The summed E-state index contributed by atoms with van der Waals surface area (Å²) in [6, 6.07) is 3.03. The minimum absolute atomic E-state index is 0.203. The highest BCUT2D eigenvalue weighted by Gasteiger charge is 2.27. The summed E-state index contributed by atoms with van der Waals surface area (Å²) >= 11 is 1.35. The molecule has 1 heterocycles. The fourth-order valence-corrected chi connectivity index (χ4v) is 2.96. The molecule has 1 aliphatic heterocycles. The van der Waals surface area contributed by atoms with Crippen molar-refractivity contribution in [3.8, 4) is 5.75 Å². The van der Waals surface area contributed by atoms with Gasteiger partial charge in [-0.1, -0.05) is 0 Å². The first-order valence-electron chi connectivity index (χ1n) is 7.29. The van der Waals surface area contributed by atoms with Crippen LogP contribution >= 0.6 is 11.8 Å². The number of alkyl carbamates (subject to hydrolysis) is 1. The average molecular weight is 339 g/mol. The molecule has 1 aliphatic rings. The maximum Gasteiger partial charge on any atom is 0.408 e. The van der Waals surface area contributed by atoms with Gasteiger partial charge in [0, 0.05) is 16.9 Å². The Balaban J connectivity index is 2.28. The van der Waals surface area contributed by atoms with Gasteiger partial charge in [0.2, 0.25) is 0 Å². The number of hydrogen-bond acceptors (Lipinski definition) is 5. The number of amides is 1. The minimum atomic E-state index is -0.997. The summed E-state index contributed by atoms with van der Waals surface area (Å²) in [7, 11) is 0. The van der Waals surface area contributed by atoms with Gasteiger partial charge >= 0.3 is 12.1 Å². The van der Waals surface area contributed by atoms with Crippen LogP contribution < -0.4 is 10.1 Å². The van der Waals surface area contributed by atoms with Crippen molar-refractivity contribution in [3.63, 3.8) is 0 Å². The molecule has 0 aromatic heterocycles. The van der Waals surface area contributed by atoms with Crippen LogP contribution in [0, 0.1) is 0 Å². The molecule has 0 saturated heterocycles. The number of fused-ring (bicyclic) bond motifs is 1. The molecule has 0 aliphatic carbocycles. The van der Waals surface area contributed by atoms with Crippen molar-refractivity contribution in [1.29, 1.82) is 0 Å². The molecule has 0 saturated carbocycles. The second kappa shape index (κ2) is 6.70. The standard InChI is InChI=1S/C16H21NO5S/c1-16(2,3)22-15(20)17-11-5-6-21-12-7-10(14(18)19)13(23-4)8-9(11)12/h7-8,11H,5-6H2,1-4H3,(H,17,20)(H,18,19). The summed E-state index contributed by atoms with van der Waals surface area (Å²) in [6.45, 7) is 5.81. The van der Waals surface area contributed by atoms with Gasteiger partial charge in [-0.25, -0.2) is 9.59 Å². The van der Waals surface area contributed by atoms with E-state index in [0.29, 0.717) is 23.7 Å². The molecule has 1 aromatic carbocycles. The Kier molecular flexibility index (Phi) is 5.09. The summed E-state index contributed by atoms with van der Waals surface area (Å²) in [5.41, 5.74) is 0.404. The molecule has 6 nitrogen and oxygen atoms in total. The van der Waals surface area contributed by atoms with Crippen molar-refractivity contribution < 1.29 is 24.2 Å². The quantitative estimate of drug-likeness (QED) is 0.821. The lowest BCUT2D eigenvalue weighted by Crippen LogP contribution is -2.36. The highest BCUT2D eigenvalue weighted by Crippen LogP contribution is 2.37. The molecule has 2 N–H and O–H groups in total. The van der Waals surface area contributed by atoms with Crippen LogP contribution in [0.2, 0.25) is 0 Å². The van der Waals surface area contributed by atoms with E-state index < -0.39 is 17.7 Å². The molecule has 1 aromatic rings. The lowest BCUT2D eigenvalue weighted by atomic mass is 9.99. The van der Waals surface area contributed by atoms with E-state index in [4.69, 9.17) is 9.47 Å². The fourth-order valence-electron chi connectivity index (χ4n) is 2.35. The average Bonchev–Trinajstić information content (AvgIpc) is 2.44. The minimum Gasteiger partial charge on any atom is -0.493 e. The molecule has 126 valence electrons. The summed E-state index contributed by atoms with van der Waals surface area (Å²) in [5.74, 6) is -0.504. The van der Waals surface area contributed by atoms with Crippen molar-refractivity contribution in [2.75, 3.05) is 12.9 Å². The van der Waals surface area contributed by atoms with Crippen LogP contribution in [0.15, 0.2) is 17.0 Å². The topological polar surface area (TPSA) is 84.9 Å². The molecule has 1 atom stereocenters. The maximum absolute atomic E-state index is 12.0. The van der Waals surface area contributed by atoms with Crippen LogP contribution in [0.5, 0.6) is 5.75 Å². The van der Waals surface area contributed by atoms with Crippen molar-refractivity contribution in [2.45, 2.75) is 43.7 Å². The second-order valence-electron chi connectivity index (χ2n) is 6.23. The highest BCUT2D eigenvalue weighted by molar-refractivity contribution is 7.98. The van der Waals surface area contributed by atoms with Crippen LogP contribution in [0.3, 0.4) is 0 Å². The van der Waals surface area contributed by atoms with Crippen LogP contribution in [0.1, 0.15) is 49.2 Å². The zero-order valence-electron chi connectivity index (χ0n) is 13.6. The van der Waals surface area contributed by atoms with Crippen molar-refractivity contribution in [3.05, 3.63) is 23.3 Å². The zero-order valence-corrected chi connectivity index (χ0v) is 14.5. The highest BCUT2D eigenvalue weighted by atomic mass is 32.2. The lowest BCUT2D eigenvalue weighted by molar-refractivity contribution is 0.0489. The number of rotatable bonds is 3. The number of hydrogen-bond donors (Lipinski definition) is 2. The fraction of sp³-hybridized carbons (Fsp3) is 0.500. The van der Waals surface area contributed by atoms with E-state index >= 15 is 0 Å². The number of ether oxygens (including phenoxy) is 2. The van der Waals surface area contributed by atoms with E-state index in [1.54, 1.807) is 26.8 Å². The third-order valence-electron chi connectivity index (χ3n) is 3.29. The van der Waals surface area contributed by atoms with E-state index in [-0.39, 0.29) is 11.6 Å². The number of thioether (sulfide) groups is 1. The van der Waals surface area contributed by atoms with Gasteiger partial charge in [-0.3, -0.25) is 0 Å². The van der Waals surface area contributed by atoms with Gasteiger partial charge in [0.25, 0.3) is 0 Å². The normalized spacial score (nSPS) is 17.0. The monoisotopic (exact) mass is 339 g/mol. The van der Waals surface area contributed by atoms with E-state index in [2.05, 4.69) is 5.32 Å².